The largest absolute Gasteiger partial charge is 0.384 e. The number of carbonyl (C=O) groups excluding carboxylic acids is 1. The van der Waals surface area contributed by atoms with Crippen LogP contribution in [0, 0.1) is 5.92 Å². The van der Waals surface area contributed by atoms with E-state index in [2.05, 4.69) is 20.6 Å². The van der Waals surface area contributed by atoms with E-state index < -0.39 is 15.8 Å². The quantitative estimate of drug-likeness (QED) is 0.562. The third-order valence-electron chi connectivity index (χ3n) is 4.32. The van der Waals surface area contributed by atoms with Crippen LogP contribution in [0.3, 0.4) is 0 Å². The van der Waals surface area contributed by atoms with Gasteiger partial charge < -0.3 is 20.9 Å². The van der Waals surface area contributed by atoms with Crippen molar-refractivity contribution in [3.8, 4) is 11.4 Å². The fraction of sp³-hybridized carbons (Fsp3) is 0.389. The number of nitrogens with one attached hydrogen (secondary N) is 2. The molecular weight excluding hydrogens is 366 g/mol. The zero-order valence-electron chi connectivity index (χ0n) is 15.2. The van der Waals surface area contributed by atoms with Gasteiger partial charge in [0.05, 0.1) is 5.69 Å². The summed E-state index contributed by atoms with van der Waals surface area (Å²) in [5, 5.41) is 5.54. The first-order chi connectivity index (χ1) is 12.8. The number of nitrogens with two attached hydrogens (primary N) is 1. The smallest absolute Gasteiger partial charge is 0.319 e. The molecule has 1 aliphatic rings. The summed E-state index contributed by atoms with van der Waals surface area (Å²) in [5.41, 5.74) is 7.71. The van der Waals surface area contributed by atoms with Crippen LogP contribution in [-0.2, 0) is 15.8 Å². The Hall–Kier alpha value is -2.52. The second kappa shape index (κ2) is 7.61. The Labute approximate surface area is 160 Å². The maximum absolute atomic E-state index is 11.8. The summed E-state index contributed by atoms with van der Waals surface area (Å²) in [4.78, 5) is 20.5. The molecule has 1 aromatic heterocycles. The van der Waals surface area contributed by atoms with E-state index in [1.165, 1.54) is 0 Å². The van der Waals surface area contributed by atoms with Gasteiger partial charge >= 0.3 is 6.03 Å². The highest BCUT2D eigenvalue weighted by atomic mass is 32.2. The van der Waals surface area contributed by atoms with Crippen LogP contribution < -0.4 is 16.4 Å². The molecule has 144 valence electrons. The lowest BCUT2D eigenvalue weighted by molar-refractivity contribution is 0.251. The number of aromatic nitrogens is 2. The molecule has 0 radical (unpaired) electrons. The lowest BCUT2D eigenvalue weighted by Crippen LogP contribution is -2.31. The summed E-state index contributed by atoms with van der Waals surface area (Å²) >= 11 is -2.00. The Morgan fingerprint density at radius 3 is 2.52 bits per heavy atom. The molecule has 1 atom stereocenters. The molecule has 1 fully saturated rings. The maximum atomic E-state index is 11.8. The van der Waals surface area contributed by atoms with Crippen molar-refractivity contribution in [3.05, 3.63) is 36.0 Å². The number of carbonyl (C=O) groups is 1. The van der Waals surface area contributed by atoms with Gasteiger partial charge in [-0.15, -0.1) is 0 Å². The molecule has 1 heterocycles. The van der Waals surface area contributed by atoms with Crippen molar-refractivity contribution in [2.45, 2.75) is 31.4 Å². The number of benzene rings is 1. The molecule has 3 rings (SSSR count). The number of nitrogen functional groups attached to an aromatic ring is 1. The lowest BCUT2D eigenvalue weighted by atomic mass is 10.1. The molecule has 9 heteroatoms. The summed E-state index contributed by atoms with van der Waals surface area (Å²) in [6.45, 7) is 4.64. The molecule has 0 spiro atoms. The SMILES string of the molecule is CC(C)CNC(=O)Nc1ccc(-c2nc(N)cc(C3(S(=O)O)CC3)n2)cc1. The fourth-order valence-corrected chi connectivity index (χ4v) is 3.37. The van der Waals surface area contributed by atoms with Gasteiger partial charge in [-0.2, -0.15) is 0 Å². The van der Waals surface area contributed by atoms with Gasteiger partial charge in [-0.05, 0) is 43.0 Å². The molecule has 5 N–H and O–H groups in total. The van der Waals surface area contributed by atoms with Crippen molar-refractivity contribution in [1.29, 1.82) is 0 Å². The van der Waals surface area contributed by atoms with Crippen LogP contribution in [-0.4, -0.2) is 31.3 Å². The van der Waals surface area contributed by atoms with Gasteiger partial charge in [-0.1, -0.05) is 13.8 Å². The van der Waals surface area contributed by atoms with Crippen LogP contribution in [0.25, 0.3) is 11.4 Å². The second-order valence-corrected chi connectivity index (χ2v) is 8.33. The van der Waals surface area contributed by atoms with Crippen LogP contribution in [0.5, 0.6) is 0 Å². The van der Waals surface area contributed by atoms with Gasteiger partial charge in [0.25, 0.3) is 0 Å². The highest BCUT2D eigenvalue weighted by Crippen LogP contribution is 2.50. The predicted molar refractivity (Wildman–Crippen MR) is 105 cm³/mol. The van der Waals surface area contributed by atoms with Crippen LogP contribution in [0.4, 0.5) is 16.3 Å². The van der Waals surface area contributed by atoms with Gasteiger partial charge in [-0.25, -0.2) is 19.0 Å². The molecule has 8 nitrogen and oxygen atoms in total. The van der Waals surface area contributed by atoms with E-state index in [1.807, 2.05) is 13.8 Å². The third-order valence-corrected chi connectivity index (χ3v) is 5.61. The first-order valence-corrected chi connectivity index (χ1v) is 9.82. The minimum Gasteiger partial charge on any atom is -0.384 e. The van der Waals surface area contributed by atoms with Crippen molar-refractivity contribution < 1.29 is 13.6 Å². The molecule has 1 saturated carbocycles. The molecular formula is C18H23N5O3S. The molecule has 1 aromatic carbocycles. The van der Waals surface area contributed by atoms with E-state index in [9.17, 15) is 13.6 Å². The van der Waals surface area contributed by atoms with Gasteiger partial charge in [0, 0.05) is 23.9 Å². The van der Waals surface area contributed by atoms with E-state index in [-0.39, 0.29) is 11.8 Å². The number of amides is 2. The number of nitrogens with zero attached hydrogens (tertiary/aromatic N) is 2. The number of urea groups is 1. The zero-order chi connectivity index (χ0) is 19.6. The van der Waals surface area contributed by atoms with Crippen LogP contribution >= 0.6 is 0 Å². The summed E-state index contributed by atoms with van der Waals surface area (Å²) in [5.74, 6) is 1.01. The number of anilines is 2. The van der Waals surface area contributed by atoms with Crippen LogP contribution in [0.1, 0.15) is 32.4 Å². The van der Waals surface area contributed by atoms with Crippen molar-refractivity contribution in [2.75, 3.05) is 17.6 Å². The molecule has 0 bridgehead atoms. The van der Waals surface area contributed by atoms with Gasteiger partial charge in [0.1, 0.15) is 10.6 Å². The lowest BCUT2D eigenvalue weighted by Gasteiger charge is -2.13. The van der Waals surface area contributed by atoms with Crippen molar-refractivity contribution >= 4 is 28.6 Å². The zero-order valence-corrected chi connectivity index (χ0v) is 16.0. The van der Waals surface area contributed by atoms with E-state index in [0.717, 1.165) is 0 Å². The molecule has 1 aliphatic carbocycles. The molecule has 2 amide bonds. The normalized spacial score (nSPS) is 16.0. The summed E-state index contributed by atoms with van der Waals surface area (Å²) in [7, 11) is 0. The summed E-state index contributed by atoms with van der Waals surface area (Å²) < 4.78 is 20.4. The van der Waals surface area contributed by atoms with Gasteiger partial charge in [0.15, 0.2) is 16.9 Å². The average Bonchev–Trinajstić information content (AvgIpc) is 3.42. The number of hydrogen-bond donors (Lipinski definition) is 4. The number of rotatable bonds is 6. The average molecular weight is 389 g/mol. The highest BCUT2D eigenvalue weighted by Gasteiger charge is 2.52. The Morgan fingerprint density at radius 2 is 1.96 bits per heavy atom. The Morgan fingerprint density at radius 1 is 1.30 bits per heavy atom. The highest BCUT2D eigenvalue weighted by molar-refractivity contribution is 7.80. The molecule has 0 aliphatic heterocycles. The van der Waals surface area contributed by atoms with E-state index in [4.69, 9.17) is 5.73 Å². The standard InChI is InChI=1S/C18H23N5O3S/c1-11(2)10-20-17(24)21-13-5-3-12(4-6-13)16-22-14(9-15(19)23-16)18(7-8-18)27(25)26/h3-6,9,11H,7-8,10H2,1-2H3,(H,25,26)(H2,19,22,23)(H2,20,21,24). The summed E-state index contributed by atoms with van der Waals surface area (Å²) in [6.07, 6.45) is 1.20. The van der Waals surface area contributed by atoms with Crippen molar-refractivity contribution in [3.63, 3.8) is 0 Å². The Bertz CT molecular complexity index is 866. The second-order valence-electron chi connectivity index (χ2n) is 7.05. The van der Waals surface area contributed by atoms with Crippen molar-refractivity contribution in [2.24, 2.45) is 5.92 Å². The fourth-order valence-electron chi connectivity index (χ4n) is 2.64. The summed E-state index contributed by atoms with van der Waals surface area (Å²) in [6, 6.07) is 8.32. The first kappa shape index (κ1) is 19.2. The van der Waals surface area contributed by atoms with Gasteiger partial charge in [0.2, 0.25) is 0 Å². The third kappa shape index (κ3) is 4.42. The van der Waals surface area contributed by atoms with E-state index >= 15 is 0 Å². The minimum absolute atomic E-state index is 0.252. The van der Waals surface area contributed by atoms with Gasteiger partial charge in [-0.3, -0.25) is 0 Å². The topological polar surface area (TPSA) is 130 Å². The van der Waals surface area contributed by atoms with Crippen molar-refractivity contribution in [1.82, 2.24) is 15.3 Å². The molecule has 0 saturated heterocycles. The Kier molecular flexibility index (Phi) is 5.43. The first-order valence-electron chi connectivity index (χ1n) is 8.71. The monoisotopic (exact) mass is 389 g/mol. The number of hydrogen-bond acceptors (Lipinski definition) is 5. The molecule has 27 heavy (non-hydrogen) atoms. The molecule has 1 unspecified atom stereocenters. The van der Waals surface area contributed by atoms with E-state index in [1.54, 1.807) is 30.3 Å². The minimum atomic E-state index is -2.00. The van der Waals surface area contributed by atoms with Crippen LogP contribution in [0.2, 0.25) is 0 Å². The molecule has 2 aromatic rings. The Balaban J connectivity index is 1.77. The predicted octanol–water partition coefficient (Wildman–Crippen LogP) is 2.71. The maximum Gasteiger partial charge on any atom is 0.319 e. The van der Waals surface area contributed by atoms with E-state index in [0.29, 0.717) is 48.1 Å². The van der Waals surface area contributed by atoms with Crippen LogP contribution in [0.15, 0.2) is 30.3 Å².